The smallest absolute Gasteiger partial charge is 0.338 e. The maximum Gasteiger partial charge on any atom is 0.338 e. The van der Waals surface area contributed by atoms with Gasteiger partial charge in [0.25, 0.3) is 11.8 Å². The van der Waals surface area contributed by atoms with E-state index in [1.54, 1.807) is 41.8 Å². The van der Waals surface area contributed by atoms with E-state index in [9.17, 15) is 14.4 Å². The minimum absolute atomic E-state index is 0.341. The second-order valence-electron chi connectivity index (χ2n) is 4.87. The van der Waals surface area contributed by atoms with Gasteiger partial charge in [0.15, 0.2) is 6.61 Å². The first kappa shape index (κ1) is 16.7. The first-order chi connectivity index (χ1) is 11.0. The van der Waals surface area contributed by atoms with Crippen molar-refractivity contribution in [3.63, 3.8) is 0 Å². The van der Waals surface area contributed by atoms with Gasteiger partial charge < -0.3 is 9.64 Å². The van der Waals surface area contributed by atoms with Gasteiger partial charge in [0.05, 0.1) is 10.4 Å². The maximum atomic E-state index is 11.8. The van der Waals surface area contributed by atoms with Gasteiger partial charge in [-0.25, -0.2) is 4.79 Å². The van der Waals surface area contributed by atoms with E-state index >= 15 is 0 Å². The van der Waals surface area contributed by atoms with Crippen LogP contribution in [0.2, 0.25) is 0 Å². The molecule has 0 aliphatic heterocycles. The number of anilines is 1. The molecule has 7 heteroatoms. The fraction of sp³-hybridized carbons (Fsp3) is 0.188. The molecule has 1 aromatic carbocycles. The molecule has 23 heavy (non-hydrogen) atoms. The van der Waals surface area contributed by atoms with Gasteiger partial charge in [0.1, 0.15) is 0 Å². The molecule has 0 atom stereocenters. The highest BCUT2D eigenvalue weighted by molar-refractivity contribution is 7.12. The van der Waals surface area contributed by atoms with Gasteiger partial charge in [-0.05, 0) is 35.7 Å². The van der Waals surface area contributed by atoms with Gasteiger partial charge in [-0.3, -0.25) is 14.9 Å². The standard InChI is InChI=1S/C16H16N2O4S/c1-18(2)12-7-5-11(6-8-12)16(21)22-10-14(19)17-15(20)13-4-3-9-23-13/h3-9H,10H2,1-2H3,(H,17,19,20). The van der Waals surface area contributed by atoms with Gasteiger partial charge in [-0.1, -0.05) is 6.07 Å². The van der Waals surface area contributed by atoms with Crippen molar-refractivity contribution in [3.8, 4) is 0 Å². The molecule has 120 valence electrons. The van der Waals surface area contributed by atoms with Crippen LogP contribution in [0.5, 0.6) is 0 Å². The van der Waals surface area contributed by atoms with Gasteiger partial charge >= 0.3 is 5.97 Å². The number of carbonyl (C=O) groups excluding carboxylic acids is 3. The second kappa shape index (κ2) is 7.55. The number of hydrogen-bond acceptors (Lipinski definition) is 6. The topological polar surface area (TPSA) is 75.7 Å². The van der Waals surface area contributed by atoms with Crippen molar-refractivity contribution in [2.75, 3.05) is 25.6 Å². The number of ether oxygens (including phenoxy) is 1. The van der Waals surface area contributed by atoms with Crippen LogP contribution in [0.25, 0.3) is 0 Å². The number of thiophene rings is 1. The molecule has 0 fully saturated rings. The highest BCUT2D eigenvalue weighted by Gasteiger charge is 2.14. The Morgan fingerprint density at radius 3 is 2.39 bits per heavy atom. The van der Waals surface area contributed by atoms with E-state index < -0.39 is 24.4 Å². The minimum Gasteiger partial charge on any atom is -0.452 e. The van der Waals surface area contributed by atoms with Gasteiger partial charge in [0.2, 0.25) is 0 Å². The van der Waals surface area contributed by atoms with Crippen molar-refractivity contribution >= 4 is 34.8 Å². The van der Waals surface area contributed by atoms with E-state index in [0.29, 0.717) is 10.4 Å². The molecule has 2 aromatic rings. The van der Waals surface area contributed by atoms with Crippen molar-refractivity contribution in [2.45, 2.75) is 0 Å². The van der Waals surface area contributed by atoms with Crippen molar-refractivity contribution in [1.29, 1.82) is 0 Å². The molecule has 2 amide bonds. The van der Waals surface area contributed by atoms with E-state index in [4.69, 9.17) is 4.74 Å². The van der Waals surface area contributed by atoms with Crippen LogP contribution in [0.15, 0.2) is 41.8 Å². The molecule has 1 heterocycles. The van der Waals surface area contributed by atoms with Crippen molar-refractivity contribution in [2.24, 2.45) is 0 Å². The van der Waals surface area contributed by atoms with Crippen LogP contribution in [0, 0.1) is 0 Å². The summed E-state index contributed by atoms with van der Waals surface area (Å²) < 4.78 is 4.90. The number of nitrogens with zero attached hydrogens (tertiary/aromatic N) is 1. The number of esters is 1. The molecule has 2 rings (SSSR count). The maximum absolute atomic E-state index is 11.8. The number of rotatable bonds is 5. The SMILES string of the molecule is CN(C)c1ccc(C(=O)OCC(=O)NC(=O)c2cccs2)cc1. The van der Waals surface area contributed by atoms with Crippen LogP contribution in [0.3, 0.4) is 0 Å². The molecular weight excluding hydrogens is 316 g/mol. The number of carbonyl (C=O) groups is 3. The third-order valence-electron chi connectivity index (χ3n) is 2.95. The highest BCUT2D eigenvalue weighted by atomic mass is 32.1. The van der Waals surface area contributed by atoms with Gasteiger partial charge in [-0.15, -0.1) is 11.3 Å². The summed E-state index contributed by atoms with van der Waals surface area (Å²) in [5.41, 5.74) is 1.29. The van der Waals surface area contributed by atoms with Crippen LogP contribution in [-0.2, 0) is 9.53 Å². The summed E-state index contributed by atoms with van der Waals surface area (Å²) in [6.45, 7) is -0.509. The van der Waals surface area contributed by atoms with Crippen LogP contribution in [0.4, 0.5) is 5.69 Å². The molecule has 1 aromatic heterocycles. The Balaban J connectivity index is 1.84. The summed E-state index contributed by atoms with van der Waals surface area (Å²) >= 11 is 1.22. The lowest BCUT2D eigenvalue weighted by Gasteiger charge is -2.12. The Morgan fingerprint density at radius 2 is 1.83 bits per heavy atom. The first-order valence-corrected chi connectivity index (χ1v) is 7.67. The van der Waals surface area contributed by atoms with E-state index in [1.807, 2.05) is 19.0 Å². The van der Waals surface area contributed by atoms with Crippen LogP contribution >= 0.6 is 11.3 Å². The summed E-state index contributed by atoms with van der Waals surface area (Å²) in [5, 5.41) is 3.89. The normalized spacial score (nSPS) is 10.0. The molecule has 0 saturated heterocycles. The summed E-state index contributed by atoms with van der Waals surface area (Å²) in [6.07, 6.45) is 0. The predicted octanol–water partition coefficient (Wildman–Crippen LogP) is 1.93. The lowest BCUT2D eigenvalue weighted by atomic mass is 10.2. The third kappa shape index (κ3) is 4.65. The van der Waals surface area contributed by atoms with Crippen LogP contribution in [0.1, 0.15) is 20.0 Å². The van der Waals surface area contributed by atoms with Crippen LogP contribution in [-0.4, -0.2) is 38.5 Å². The molecular formula is C16H16N2O4S. The number of amides is 2. The monoisotopic (exact) mass is 332 g/mol. The summed E-state index contributed by atoms with van der Waals surface area (Å²) in [7, 11) is 3.78. The number of hydrogen-bond donors (Lipinski definition) is 1. The van der Waals surface area contributed by atoms with Crippen molar-refractivity contribution in [1.82, 2.24) is 5.32 Å². The Kier molecular flexibility index (Phi) is 5.48. The molecule has 0 radical (unpaired) electrons. The minimum atomic E-state index is -0.665. The van der Waals surface area contributed by atoms with E-state index in [2.05, 4.69) is 5.32 Å². The Hall–Kier alpha value is -2.67. The fourth-order valence-corrected chi connectivity index (χ4v) is 2.36. The van der Waals surface area contributed by atoms with E-state index in [1.165, 1.54) is 11.3 Å². The van der Waals surface area contributed by atoms with Crippen molar-refractivity contribution in [3.05, 3.63) is 52.2 Å². The number of nitrogens with one attached hydrogen (secondary N) is 1. The Morgan fingerprint density at radius 1 is 1.13 bits per heavy atom. The van der Waals surface area contributed by atoms with E-state index in [0.717, 1.165) is 5.69 Å². The highest BCUT2D eigenvalue weighted by Crippen LogP contribution is 2.13. The average Bonchev–Trinajstić information content (AvgIpc) is 3.07. The summed E-state index contributed by atoms with van der Waals surface area (Å²) in [4.78, 5) is 37.5. The zero-order chi connectivity index (χ0) is 16.8. The van der Waals surface area contributed by atoms with Gasteiger partial charge in [0, 0.05) is 19.8 Å². The largest absolute Gasteiger partial charge is 0.452 e. The molecule has 1 N–H and O–H groups in total. The molecule has 0 spiro atoms. The zero-order valence-electron chi connectivity index (χ0n) is 12.7. The molecule has 6 nitrogen and oxygen atoms in total. The third-order valence-corrected chi connectivity index (χ3v) is 3.82. The summed E-state index contributed by atoms with van der Waals surface area (Å²) in [5.74, 6) is -1.79. The number of benzene rings is 1. The molecule has 0 unspecified atom stereocenters. The second-order valence-corrected chi connectivity index (χ2v) is 5.82. The van der Waals surface area contributed by atoms with E-state index in [-0.39, 0.29) is 0 Å². The fourth-order valence-electron chi connectivity index (χ4n) is 1.74. The Bertz CT molecular complexity index is 693. The van der Waals surface area contributed by atoms with Gasteiger partial charge in [-0.2, -0.15) is 0 Å². The lowest BCUT2D eigenvalue weighted by molar-refractivity contribution is -0.123. The quantitative estimate of drug-likeness (QED) is 0.847. The molecule has 0 aliphatic rings. The molecule has 0 saturated carbocycles. The van der Waals surface area contributed by atoms with Crippen LogP contribution < -0.4 is 10.2 Å². The first-order valence-electron chi connectivity index (χ1n) is 6.79. The molecule has 0 aliphatic carbocycles. The molecule has 0 bridgehead atoms. The zero-order valence-corrected chi connectivity index (χ0v) is 13.6. The Labute approximate surface area is 137 Å². The average molecular weight is 332 g/mol. The predicted molar refractivity (Wildman–Crippen MR) is 87.8 cm³/mol. The number of imide groups is 1. The summed E-state index contributed by atoms with van der Waals surface area (Å²) in [6, 6.07) is 10.1. The lowest BCUT2D eigenvalue weighted by Crippen LogP contribution is -2.33. The van der Waals surface area contributed by atoms with Crippen molar-refractivity contribution < 1.29 is 19.1 Å².